The quantitative estimate of drug-likeness (QED) is 0.270. The summed E-state index contributed by atoms with van der Waals surface area (Å²) >= 11 is 11.9. The van der Waals surface area contributed by atoms with Crippen molar-refractivity contribution in [1.82, 2.24) is 9.78 Å². The molecule has 4 rings (SSSR count). The number of carbonyl (C=O) groups is 1. The SMILES string of the molecule is Cc1cc(Cl)ccc1Oc1cc(NC(=O)Cn2nc(C(F)(F)F)c(Cl)c2C2CC2)cc([N+](=O)[O-])c1. The van der Waals surface area contributed by atoms with E-state index in [1.165, 1.54) is 12.1 Å². The van der Waals surface area contributed by atoms with Gasteiger partial charge in [0.25, 0.3) is 5.69 Å². The average Bonchev–Trinajstić information content (AvgIpc) is 3.52. The average molecular weight is 529 g/mol. The molecule has 0 saturated heterocycles. The van der Waals surface area contributed by atoms with E-state index >= 15 is 0 Å². The molecule has 0 spiro atoms. The number of halogens is 5. The largest absolute Gasteiger partial charge is 0.457 e. The van der Waals surface area contributed by atoms with Gasteiger partial charge < -0.3 is 10.1 Å². The van der Waals surface area contributed by atoms with Crippen molar-refractivity contribution in [2.24, 2.45) is 0 Å². The number of rotatable bonds is 7. The number of alkyl halides is 3. The van der Waals surface area contributed by atoms with Crippen LogP contribution in [-0.4, -0.2) is 20.6 Å². The van der Waals surface area contributed by atoms with Gasteiger partial charge in [-0.2, -0.15) is 18.3 Å². The van der Waals surface area contributed by atoms with Gasteiger partial charge >= 0.3 is 6.18 Å². The van der Waals surface area contributed by atoms with Crippen LogP contribution in [0, 0.1) is 17.0 Å². The molecule has 0 aliphatic heterocycles. The van der Waals surface area contributed by atoms with Gasteiger partial charge in [-0.3, -0.25) is 19.6 Å². The number of carbonyl (C=O) groups excluding carboxylic acids is 1. The van der Waals surface area contributed by atoms with E-state index in [0.29, 0.717) is 29.2 Å². The van der Waals surface area contributed by atoms with E-state index in [-0.39, 0.29) is 28.7 Å². The summed E-state index contributed by atoms with van der Waals surface area (Å²) in [5.74, 6) is -0.486. The Balaban J connectivity index is 1.58. The van der Waals surface area contributed by atoms with E-state index in [1.54, 1.807) is 25.1 Å². The van der Waals surface area contributed by atoms with Gasteiger partial charge in [0.2, 0.25) is 5.91 Å². The molecule has 1 N–H and O–H groups in total. The van der Waals surface area contributed by atoms with Gasteiger partial charge in [-0.25, -0.2) is 0 Å². The Morgan fingerprint density at radius 3 is 2.57 bits per heavy atom. The normalized spacial score (nSPS) is 13.5. The van der Waals surface area contributed by atoms with Crippen LogP contribution in [0.1, 0.15) is 35.7 Å². The van der Waals surface area contributed by atoms with E-state index in [2.05, 4.69) is 10.4 Å². The molecule has 0 bridgehead atoms. The summed E-state index contributed by atoms with van der Waals surface area (Å²) in [4.78, 5) is 23.4. The standard InChI is InChI=1S/C22H17Cl2F3N4O4/c1-11-6-13(23)4-5-17(11)35-16-8-14(7-15(9-16)31(33)34)28-18(32)10-30-20(12-2-3-12)19(24)21(29-30)22(25,26)27/h4-9,12H,2-3,10H2,1H3,(H,28,32). The molecule has 1 aliphatic rings. The van der Waals surface area contributed by atoms with Gasteiger partial charge in [-0.05, 0) is 43.5 Å². The molecular weight excluding hydrogens is 512 g/mol. The molecular formula is C22H17Cl2F3N4O4. The summed E-state index contributed by atoms with van der Waals surface area (Å²) in [6, 6.07) is 8.48. The number of hydrogen-bond acceptors (Lipinski definition) is 5. The molecule has 8 nitrogen and oxygen atoms in total. The maximum atomic E-state index is 13.3. The molecule has 1 aromatic heterocycles. The van der Waals surface area contributed by atoms with Crippen molar-refractivity contribution in [2.75, 3.05) is 5.32 Å². The number of hydrogen-bond donors (Lipinski definition) is 1. The van der Waals surface area contributed by atoms with Crippen molar-refractivity contribution < 1.29 is 27.6 Å². The molecule has 0 unspecified atom stereocenters. The number of nitrogens with zero attached hydrogens (tertiary/aromatic N) is 3. The van der Waals surface area contributed by atoms with Gasteiger partial charge in [0.05, 0.1) is 27.4 Å². The van der Waals surface area contributed by atoms with Crippen molar-refractivity contribution in [3.63, 3.8) is 0 Å². The number of aryl methyl sites for hydroxylation is 1. The van der Waals surface area contributed by atoms with Crippen molar-refractivity contribution in [3.8, 4) is 11.5 Å². The Labute approximate surface area is 206 Å². The molecule has 1 fully saturated rings. The number of nitro groups is 1. The summed E-state index contributed by atoms with van der Waals surface area (Å²) in [5.41, 5.74) is -0.760. The minimum Gasteiger partial charge on any atom is -0.457 e. The van der Waals surface area contributed by atoms with Crippen LogP contribution in [0.2, 0.25) is 10.0 Å². The highest BCUT2D eigenvalue weighted by Gasteiger charge is 2.42. The molecule has 1 amide bonds. The summed E-state index contributed by atoms with van der Waals surface area (Å²) in [6.07, 6.45) is -3.49. The van der Waals surface area contributed by atoms with Crippen molar-refractivity contribution in [3.05, 3.63) is 73.5 Å². The Hall–Kier alpha value is -3.31. The highest BCUT2D eigenvalue weighted by Crippen LogP contribution is 2.47. The Bertz CT molecular complexity index is 1320. The van der Waals surface area contributed by atoms with Crippen LogP contribution in [0.5, 0.6) is 11.5 Å². The van der Waals surface area contributed by atoms with Gasteiger partial charge in [0.15, 0.2) is 5.69 Å². The van der Waals surface area contributed by atoms with Crippen LogP contribution in [0.4, 0.5) is 24.5 Å². The van der Waals surface area contributed by atoms with Gasteiger partial charge in [-0.1, -0.05) is 23.2 Å². The Morgan fingerprint density at radius 1 is 1.26 bits per heavy atom. The van der Waals surface area contributed by atoms with Gasteiger partial charge in [0.1, 0.15) is 18.0 Å². The third-order valence-corrected chi connectivity index (χ3v) is 5.82. The lowest BCUT2D eigenvalue weighted by Crippen LogP contribution is -2.21. The number of amides is 1. The van der Waals surface area contributed by atoms with Crippen molar-refractivity contribution >= 4 is 40.5 Å². The third-order valence-electron chi connectivity index (χ3n) is 5.21. The zero-order valence-electron chi connectivity index (χ0n) is 18.0. The number of nitro benzene ring substituents is 1. The molecule has 1 aliphatic carbocycles. The fourth-order valence-corrected chi connectivity index (χ4v) is 4.14. The van der Waals surface area contributed by atoms with E-state index in [4.69, 9.17) is 27.9 Å². The van der Waals surface area contributed by atoms with E-state index in [9.17, 15) is 28.1 Å². The first-order chi connectivity index (χ1) is 16.4. The second-order valence-corrected chi connectivity index (χ2v) is 8.82. The predicted octanol–water partition coefficient (Wildman–Crippen LogP) is 6.73. The first-order valence-corrected chi connectivity index (χ1v) is 11.0. The minimum absolute atomic E-state index is 0.0214. The number of benzene rings is 2. The van der Waals surface area contributed by atoms with Gasteiger partial charge in [0, 0.05) is 23.1 Å². The molecule has 3 aromatic rings. The highest BCUT2D eigenvalue weighted by atomic mass is 35.5. The molecule has 0 atom stereocenters. The number of anilines is 1. The fourth-order valence-electron chi connectivity index (χ4n) is 3.51. The molecule has 2 aromatic carbocycles. The Kier molecular flexibility index (Phi) is 6.65. The number of ether oxygens (including phenoxy) is 1. The van der Waals surface area contributed by atoms with Crippen LogP contribution >= 0.6 is 23.2 Å². The molecule has 35 heavy (non-hydrogen) atoms. The summed E-state index contributed by atoms with van der Waals surface area (Å²) in [5, 5.41) is 17.3. The highest BCUT2D eigenvalue weighted by molar-refractivity contribution is 6.32. The second kappa shape index (κ2) is 9.38. The lowest BCUT2D eigenvalue weighted by atomic mass is 10.2. The first-order valence-electron chi connectivity index (χ1n) is 10.3. The van der Waals surface area contributed by atoms with Crippen molar-refractivity contribution in [1.29, 1.82) is 0 Å². The first kappa shape index (κ1) is 24.8. The number of aromatic nitrogens is 2. The summed E-state index contributed by atoms with van der Waals surface area (Å²) in [7, 11) is 0. The molecule has 13 heteroatoms. The molecule has 0 radical (unpaired) electrons. The lowest BCUT2D eigenvalue weighted by Gasteiger charge is -2.12. The smallest absolute Gasteiger partial charge is 0.436 e. The summed E-state index contributed by atoms with van der Waals surface area (Å²) < 4.78 is 46.4. The van der Waals surface area contributed by atoms with Crippen LogP contribution in [0.3, 0.4) is 0 Å². The molecule has 184 valence electrons. The zero-order valence-corrected chi connectivity index (χ0v) is 19.5. The topological polar surface area (TPSA) is 99.3 Å². The monoisotopic (exact) mass is 528 g/mol. The maximum Gasteiger partial charge on any atom is 0.436 e. The fraction of sp³-hybridized carbons (Fsp3) is 0.273. The van der Waals surface area contributed by atoms with Crippen LogP contribution in [0.15, 0.2) is 36.4 Å². The van der Waals surface area contributed by atoms with Crippen LogP contribution in [-0.2, 0) is 17.5 Å². The number of non-ortho nitro benzene ring substituents is 1. The third kappa shape index (κ3) is 5.68. The van der Waals surface area contributed by atoms with E-state index < -0.39 is 34.3 Å². The van der Waals surface area contributed by atoms with E-state index in [0.717, 1.165) is 10.7 Å². The van der Waals surface area contributed by atoms with Gasteiger partial charge in [-0.15, -0.1) is 0 Å². The summed E-state index contributed by atoms with van der Waals surface area (Å²) in [6.45, 7) is 1.18. The second-order valence-electron chi connectivity index (χ2n) is 8.01. The lowest BCUT2D eigenvalue weighted by molar-refractivity contribution is -0.384. The Morgan fingerprint density at radius 2 is 1.97 bits per heavy atom. The van der Waals surface area contributed by atoms with E-state index in [1.807, 2.05) is 0 Å². The van der Waals surface area contributed by atoms with Crippen molar-refractivity contribution in [2.45, 2.75) is 38.4 Å². The van der Waals surface area contributed by atoms with Crippen LogP contribution < -0.4 is 10.1 Å². The molecule has 1 heterocycles. The maximum absolute atomic E-state index is 13.3. The van der Waals surface area contributed by atoms with Crippen LogP contribution in [0.25, 0.3) is 0 Å². The number of nitrogens with one attached hydrogen (secondary N) is 1. The zero-order chi connectivity index (χ0) is 25.5. The molecule has 1 saturated carbocycles. The predicted molar refractivity (Wildman–Crippen MR) is 122 cm³/mol. The minimum atomic E-state index is -4.77.